The molecule has 0 atom stereocenters. The molecule has 2 rings (SSSR count). The lowest BCUT2D eigenvalue weighted by Crippen LogP contribution is -2.06. The fourth-order valence-electron chi connectivity index (χ4n) is 2.10. The highest BCUT2D eigenvalue weighted by molar-refractivity contribution is 5.86. The topological polar surface area (TPSA) is 50.4 Å². The van der Waals surface area contributed by atoms with Crippen LogP contribution in [0.3, 0.4) is 0 Å². The summed E-state index contributed by atoms with van der Waals surface area (Å²) in [6.07, 6.45) is 2.32. The van der Waals surface area contributed by atoms with E-state index >= 15 is 0 Å². The molecule has 94 valence electrons. The van der Waals surface area contributed by atoms with E-state index < -0.39 is 0 Å². The number of hydrogen-bond donors (Lipinski definition) is 1. The number of phenolic OH excluding ortho intramolecular Hbond substituents is 1. The molecular weight excluding hydrogens is 228 g/mol. The molecule has 3 nitrogen and oxygen atoms in total. The molecule has 1 aromatic carbocycles. The van der Waals surface area contributed by atoms with Gasteiger partial charge in [-0.25, -0.2) is 4.79 Å². The van der Waals surface area contributed by atoms with Crippen LogP contribution < -0.4 is 5.63 Å². The van der Waals surface area contributed by atoms with Gasteiger partial charge in [0.15, 0.2) is 0 Å². The molecule has 18 heavy (non-hydrogen) atoms. The lowest BCUT2D eigenvalue weighted by atomic mass is 9.99. The third-order valence-electron chi connectivity index (χ3n) is 3.39. The van der Waals surface area contributed by atoms with E-state index in [1.165, 1.54) is 0 Å². The molecule has 0 unspecified atom stereocenters. The molecule has 1 N–H and O–H groups in total. The fourth-order valence-corrected chi connectivity index (χ4v) is 2.10. The van der Waals surface area contributed by atoms with Gasteiger partial charge >= 0.3 is 5.63 Å². The lowest BCUT2D eigenvalue weighted by molar-refractivity contribution is 0.462. The van der Waals surface area contributed by atoms with Gasteiger partial charge in [-0.05, 0) is 44.4 Å². The molecule has 1 aromatic heterocycles. The third-order valence-corrected chi connectivity index (χ3v) is 3.39. The molecule has 0 fully saturated rings. The Morgan fingerprint density at radius 1 is 1.28 bits per heavy atom. The van der Waals surface area contributed by atoms with Crippen molar-refractivity contribution in [2.45, 2.75) is 27.2 Å². The molecule has 0 aliphatic rings. The minimum atomic E-state index is -0.348. The van der Waals surface area contributed by atoms with Gasteiger partial charge in [0, 0.05) is 16.5 Å². The third kappa shape index (κ3) is 1.72. The Bertz CT molecular complexity index is 693. The number of aromatic hydroxyl groups is 1. The summed E-state index contributed by atoms with van der Waals surface area (Å²) in [6, 6.07) is 1.87. The molecule has 0 saturated carbocycles. The number of phenols is 1. The predicted molar refractivity (Wildman–Crippen MR) is 72.3 cm³/mol. The van der Waals surface area contributed by atoms with E-state index in [4.69, 9.17) is 4.42 Å². The van der Waals surface area contributed by atoms with E-state index in [0.717, 1.165) is 16.5 Å². The summed E-state index contributed by atoms with van der Waals surface area (Å²) < 4.78 is 5.28. The van der Waals surface area contributed by atoms with Gasteiger partial charge < -0.3 is 9.52 Å². The zero-order valence-electron chi connectivity index (χ0n) is 10.8. The Labute approximate surface area is 105 Å². The first-order valence-electron chi connectivity index (χ1n) is 5.83. The summed E-state index contributed by atoms with van der Waals surface area (Å²) in [5.74, 6) is 0.175. The molecule has 3 heteroatoms. The van der Waals surface area contributed by atoms with Gasteiger partial charge in [-0.2, -0.15) is 0 Å². The van der Waals surface area contributed by atoms with Crippen LogP contribution in [0.25, 0.3) is 11.0 Å². The molecule has 0 aliphatic carbocycles. The van der Waals surface area contributed by atoms with Gasteiger partial charge in [-0.15, -0.1) is 6.58 Å². The summed E-state index contributed by atoms with van der Waals surface area (Å²) in [5.41, 5.74) is 3.02. The van der Waals surface area contributed by atoms with Crippen LogP contribution in [0.4, 0.5) is 0 Å². The molecule has 0 radical (unpaired) electrons. The van der Waals surface area contributed by atoms with E-state index in [2.05, 4.69) is 6.58 Å². The maximum absolute atomic E-state index is 11.7. The Kier molecular flexibility index (Phi) is 2.99. The van der Waals surface area contributed by atoms with Crippen molar-refractivity contribution in [3.63, 3.8) is 0 Å². The summed E-state index contributed by atoms with van der Waals surface area (Å²) in [7, 11) is 0. The highest BCUT2D eigenvalue weighted by Gasteiger charge is 2.14. The highest BCUT2D eigenvalue weighted by atomic mass is 16.4. The number of aryl methyl sites for hydroxylation is 2. The zero-order valence-corrected chi connectivity index (χ0v) is 10.8. The van der Waals surface area contributed by atoms with Crippen molar-refractivity contribution in [1.29, 1.82) is 0 Å². The Hall–Kier alpha value is -2.03. The number of benzene rings is 1. The van der Waals surface area contributed by atoms with Gasteiger partial charge in [0.1, 0.15) is 11.3 Å². The Morgan fingerprint density at radius 2 is 1.94 bits per heavy atom. The first-order valence-corrected chi connectivity index (χ1v) is 5.83. The number of allylic oxidation sites excluding steroid dienone is 1. The van der Waals surface area contributed by atoms with Crippen molar-refractivity contribution in [3.8, 4) is 5.75 Å². The van der Waals surface area contributed by atoms with E-state index in [9.17, 15) is 9.90 Å². The monoisotopic (exact) mass is 244 g/mol. The fraction of sp³-hybridized carbons (Fsp3) is 0.267. The Balaban J connectivity index is 2.95. The van der Waals surface area contributed by atoms with Crippen molar-refractivity contribution in [2.24, 2.45) is 0 Å². The minimum absolute atomic E-state index is 0.175. The second kappa shape index (κ2) is 4.33. The van der Waals surface area contributed by atoms with Crippen molar-refractivity contribution in [3.05, 3.63) is 51.4 Å². The molecule has 0 amide bonds. The first kappa shape index (κ1) is 12.4. The average molecular weight is 244 g/mol. The minimum Gasteiger partial charge on any atom is -0.507 e. The maximum atomic E-state index is 11.7. The predicted octanol–water partition coefficient (Wildman–Crippen LogP) is 3.15. The van der Waals surface area contributed by atoms with Gasteiger partial charge in [0.05, 0.1) is 0 Å². The van der Waals surface area contributed by atoms with Crippen LogP contribution in [0.5, 0.6) is 5.75 Å². The largest absolute Gasteiger partial charge is 0.507 e. The van der Waals surface area contributed by atoms with Crippen LogP contribution in [0.1, 0.15) is 22.3 Å². The summed E-state index contributed by atoms with van der Waals surface area (Å²) in [6.45, 7) is 9.07. The van der Waals surface area contributed by atoms with Gasteiger partial charge in [0.2, 0.25) is 0 Å². The van der Waals surface area contributed by atoms with Crippen LogP contribution in [-0.2, 0) is 6.42 Å². The summed E-state index contributed by atoms with van der Waals surface area (Å²) in [5, 5.41) is 10.9. The van der Waals surface area contributed by atoms with Crippen molar-refractivity contribution in [2.75, 3.05) is 0 Å². The smallest absolute Gasteiger partial charge is 0.339 e. The van der Waals surface area contributed by atoms with Crippen LogP contribution >= 0.6 is 0 Å². The van der Waals surface area contributed by atoms with Crippen LogP contribution in [0, 0.1) is 20.8 Å². The van der Waals surface area contributed by atoms with E-state index in [-0.39, 0.29) is 11.4 Å². The van der Waals surface area contributed by atoms with E-state index in [1.54, 1.807) is 19.9 Å². The van der Waals surface area contributed by atoms with Gasteiger partial charge in [-0.3, -0.25) is 0 Å². The van der Waals surface area contributed by atoms with Gasteiger partial charge in [-0.1, -0.05) is 6.08 Å². The second-order valence-corrected chi connectivity index (χ2v) is 4.52. The van der Waals surface area contributed by atoms with Crippen LogP contribution in [-0.4, -0.2) is 5.11 Å². The zero-order chi connectivity index (χ0) is 13.4. The van der Waals surface area contributed by atoms with Crippen molar-refractivity contribution < 1.29 is 9.52 Å². The normalized spacial score (nSPS) is 10.8. The Morgan fingerprint density at radius 3 is 2.56 bits per heavy atom. The number of rotatable bonds is 2. The van der Waals surface area contributed by atoms with Crippen molar-refractivity contribution >= 4 is 11.0 Å². The first-order chi connectivity index (χ1) is 8.47. The van der Waals surface area contributed by atoms with Crippen LogP contribution in [0.15, 0.2) is 27.9 Å². The summed E-state index contributed by atoms with van der Waals surface area (Å²) >= 11 is 0. The molecule has 0 aliphatic heterocycles. The van der Waals surface area contributed by atoms with E-state index in [1.807, 2.05) is 13.0 Å². The highest BCUT2D eigenvalue weighted by Crippen LogP contribution is 2.32. The molecule has 0 saturated heterocycles. The number of hydrogen-bond acceptors (Lipinski definition) is 3. The standard InChI is InChI=1S/C15H16O3/c1-5-6-11-7-12-8(2)9(3)15(17)18-14(12)10(4)13(11)16/h5,7,16H,1,6H2,2-4H3. The molecule has 0 bridgehead atoms. The SMILES string of the molecule is C=CCc1cc2c(C)c(C)c(=O)oc2c(C)c1O. The molecule has 1 heterocycles. The van der Waals surface area contributed by atoms with E-state index in [0.29, 0.717) is 23.1 Å². The molecule has 2 aromatic rings. The maximum Gasteiger partial charge on any atom is 0.339 e. The molecule has 0 spiro atoms. The lowest BCUT2D eigenvalue weighted by Gasteiger charge is -2.11. The summed E-state index contributed by atoms with van der Waals surface area (Å²) in [4.78, 5) is 11.7. The molecular formula is C15H16O3. The van der Waals surface area contributed by atoms with Crippen LogP contribution in [0.2, 0.25) is 0 Å². The quantitative estimate of drug-likeness (QED) is 0.652. The van der Waals surface area contributed by atoms with Gasteiger partial charge in [0.25, 0.3) is 0 Å². The average Bonchev–Trinajstić information content (AvgIpc) is 2.35. The second-order valence-electron chi connectivity index (χ2n) is 4.52. The number of fused-ring (bicyclic) bond motifs is 1. The van der Waals surface area contributed by atoms with Crippen molar-refractivity contribution in [1.82, 2.24) is 0 Å².